The number of nitrogens with zero attached hydrogens (tertiary/aromatic N) is 12. The van der Waals surface area contributed by atoms with Gasteiger partial charge in [-0.3, -0.25) is 31.5 Å². The fourth-order valence-electron chi connectivity index (χ4n) is 21.0. The van der Waals surface area contributed by atoms with E-state index in [1.807, 2.05) is 22.7 Å². The highest BCUT2D eigenvalue weighted by Gasteiger charge is 2.46. The first-order chi connectivity index (χ1) is 62.0. The maximum atomic E-state index is 6.03. The summed E-state index contributed by atoms with van der Waals surface area (Å²) in [5.41, 5.74) is 15.8. The molecule has 16 aromatic carbocycles. The molecule has 0 aliphatic rings. The highest BCUT2D eigenvalue weighted by molar-refractivity contribution is 7.31. The number of fused-ring (bicyclic) bond motifs is 24. The van der Waals surface area contributed by atoms with E-state index < -0.39 is 16.1 Å². The topological polar surface area (TPSA) is 97.4 Å². The van der Waals surface area contributed by atoms with Crippen molar-refractivity contribution >= 4 is 226 Å². The van der Waals surface area contributed by atoms with Gasteiger partial charge in [0.25, 0.3) is 0 Å². The Hall–Kier alpha value is -15.7. The van der Waals surface area contributed by atoms with Gasteiger partial charge in [0, 0.05) is 51.1 Å². The molecule has 16 heteroatoms. The van der Waals surface area contributed by atoms with E-state index >= 15 is 0 Å². The smallest absolute Gasteiger partial charge is 0.221 e. The van der Waals surface area contributed by atoms with Crippen molar-refractivity contribution in [3.05, 3.63) is 413 Å². The van der Waals surface area contributed by atoms with E-state index in [-0.39, 0.29) is 0 Å². The van der Waals surface area contributed by atoms with E-state index in [2.05, 4.69) is 444 Å². The van der Waals surface area contributed by atoms with Crippen molar-refractivity contribution in [3.63, 3.8) is 0 Å². The van der Waals surface area contributed by atoms with E-state index in [0.29, 0.717) is 0 Å². The van der Waals surface area contributed by atoms with E-state index in [9.17, 15) is 0 Å². The van der Waals surface area contributed by atoms with Gasteiger partial charge in [-0.15, -0.1) is 22.7 Å². The van der Waals surface area contributed by atoms with Crippen molar-refractivity contribution in [2.45, 2.75) is 0 Å². The van der Waals surface area contributed by atoms with Crippen LogP contribution >= 0.6 is 22.7 Å². The van der Waals surface area contributed by atoms with Crippen LogP contribution in [0, 0.1) is 0 Å². The van der Waals surface area contributed by atoms with Crippen LogP contribution in [0.4, 0.5) is 0 Å². The average Bonchev–Trinajstić information content (AvgIpc) is 1.56. The second-order valence-corrected chi connectivity index (χ2v) is 42.4. The van der Waals surface area contributed by atoms with Crippen molar-refractivity contribution in [2.75, 3.05) is 0 Å². The standard InChI is InChI=1S/C109H68N12S2Si2/c1-5-30-71(31-6-1)124(72-32-7-2-8-33-72,75-58-61-100-83(64-75)81-41-16-27-53-98(81)122-100)76-65-103(119-93-50-24-21-47-90(93)116-89-46-20-17-43-84(89)110-107(116)119)114-104(66-76)120-94-51-25-22-48-91(94)117-96-62-69(56-59-85(96)111-108(117)120)70-57-60-86-97(63-70)118-92-49-23-26-52-95(92)121(109(118)112-86)105-68-77(67-102(113-105)115-87-44-18-13-38-78(87)79-39-14-19-45-88(79)115)125(73-34-9-3-10-35-73,74-36-11-4-12-37-74)101-55-29-42-82-80-40-15-28-54-99(80)123-106(82)101/h1-68H. The lowest BCUT2D eigenvalue weighted by Crippen LogP contribution is -2.75. The zero-order chi connectivity index (χ0) is 81.7. The summed E-state index contributed by atoms with van der Waals surface area (Å²) >= 11 is 3.75. The van der Waals surface area contributed by atoms with Gasteiger partial charge >= 0.3 is 0 Å². The van der Waals surface area contributed by atoms with E-state index in [0.717, 1.165) is 134 Å². The molecular weight excluding hydrogens is 1600 g/mol. The number of para-hydroxylation sites is 10. The van der Waals surface area contributed by atoms with Crippen LogP contribution in [0.15, 0.2) is 413 Å². The van der Waals surface area contributed by atoms with E-state index in [1.165, 1.54) is 87.4 Å². The lowest BCUT2D eigenvalue weighted by atomic mass is 10.0. The Morgan fingerprint density at radius 1 is 0.192 bits per heavy atom. The molecule has 0 atom stereocenters. The van der Waals surface area contributed by atoms with Gasteiger partial charge in [0.1, 0.15) is 23.3 Å². The minimum atomic E-state index is -3.42. The molecule has 0 amide bonds. The maximum absolute atomic E-state index is 6.03. The number of rotatable bonds is 13. The van der Waals surface area contributed by atoms with E-state index in [4.69, 9.17) is 24.9 Å². The fraction of sp³-hybridized carbons (Fsp3) is 0. The largest absolute Gasteiger partial charge is 0.294 e. The Bertz CT molecular complexity index is 9030. The van der Waals surface area contributed by atoms with Crippen LogP contribution < -0.4 is 41.5 Å². The Balaban J connectivity index is 0.677. The molecule has 0 saturated carbocycles. The van der Waals surface area contributed by atoms with Crippen LogP contribution in [0.5, 0.6) is 0 Å². The molecule has 0 N–H and O–H groups in total. The maximum Gasteiger partial charge on any atom is 0.221 e. The zero-order valence-electron chi connectivity index (χ0n) is 66.9. The van der Waals surface area contributed by atoms with Crippen LogP contribution in [0.1, 0.15) is 0 Å². The van der Waals surface area contributed by atoms with Crippen LogP contribution in [-0.4, -0.2) is 72.5 Å². The molecule has 0 fully saturated rings. The van der Waals surface area contributed by atoms with Gasteiger partial charge in [0.2, 0.25) is 17.3 Å². The quantitative estimate of drug-likeness (QED) is 0.0846. The number of hydrogen-bond donors (Lipinski definition) is 0. The van der Waals surface area contributed by atoms with Crippen LogP contribution in [-0.2, 0) is 0 Å². The molecular formula is C109H68N12S2Si2. The molecule has 0 aliphatic heterocycles. The third-order valence-electron chi connectivity index (χ3n) is 26.2. The summed E-state index contributed by atoms with van der Waals surface area (Å²) in [6, 6.07) is 153. The minimum absolute atomic E-state index is 0.731. The van der Waals surface area contributed by atoms with Crippen molar-refractivity contribution < 1.29 is 0 Å². The summed E-state index contributed by atoms with van der Waals surface area (Å²) in [5.74, 6) is 5.34. The van der Waals surface area contributed by atoms with Crippen molar-refractivity contribution in [2.24, 2.45) is 0 Å². The van der Waals surface area contributed by atoms with Gasteiger partial charge in [0.05, 0.1) is 77.2 Å². The normalized spacial score (nSPS) is 12.5. The van der Waals surface area contributed by atoms with Gasteiger partial charge in [-0.05, 0) is 180 Å². The van der Waals surface area contributed by atoms with Crippen LogP contribution in [0.2, 0.25) is 0 Å². The molecule has 0 bridgehead atoms. The van der Waals surface area contributed by atoms with Crippen molar-refractivity contribution in [1.29, 1.82) is 0 Å². The van der Waals surface area contributed by atoms with Crippen LogP contribution in [0.25, 0.3) is 180 Å². The molecule has 12 nitrogen and oxygen atoms in total. The highest BCUT2D eigenvalue weighted by atomic mass is 32.1. The van der Waals surface area contributed by atoms with Gasteiger partial charge in [-0.2, -0.15) is 0 Å². The van der Waals surface area contributed by atoms with Gasteiger partial charge in [0.15, 0.2) is 16.1 Å². The highest BCUT2D eigenvalue weighted by Crippen LogP contribution is 2.41. The Labute approximate surface area is 723 Å². The summed E-state index contributed by atoms with van der Waals surface area (Å²) in [6.07, 6.45) is 0. The Morgan fingerprint density at radius 2 is 0.544 bits per heavy atom. The first-order valence-corrected chi connectivity index (χ1v) is 47.9. The molecule has 27 aromatic rings. The summed E-state index contributed by atoms with van der Waals surface area (Å²) in [4.78, 5) is 29.1. The lowest BCUT2D eigenvalue weighted by Gasteiger charge is -2.35. The number of pyridine rings is 2. The molecule has 0 spiro atoms. The monoisotopic (exact) mass is 1660 g/mol. The molecule has 27 rings (SSSR count). The zero-order valence-corrected chi connectivity index (χ0v) is 70.6. The number of thiophene rings is 2. The first kappa shape index (κ1) is 70.0. The predicted molar refractivity (Wildman–Crippen MR) is 524 cm³/mol. The van der Waals surface area contributed by atoms with Gasteiger partial charge < -0.3 is 0 Å². The fourth-order valence-corrected chi connectivity index (χ4v) is 33.4. The molecule has 0 aliphatic carbocycles. The molecule has 0 saturated heterocycles. The lowest BCUT2D eigenvalue weighted by molar-refractivity contribution is 0.985. The Kier molecular flexibility index (Phi) is 15.1. The number of benzene rings is 16. The molecule has 11 heterocycles. The third kappa shape index (κ3) is 10.0. The van der Waals surface area contributed by atoms with Crippen molar-refractivity contribution in [3.8, 4) is 34.4 Å². The first-order valence-electron chi connectivity index (χ1n) is 42.3. The predicted octanol–water partition coefficient (Wildman–Crippen LogP) is 21.0. The number of aromatic nitrogens is 12. The summed E-state index contributed by atoms with van der Waals surface area (Å²) < 4.78 is 21.4. The second-order valence-electron chi connectivity index (χ2n) is 32.7. The molecule has 0 unspecified atom stereocenters. The average molecular weight is 1670 g/mol. The SMILES string of the molecule is c1ccc([Si](c2ccccc2)(c2cc(-n3c4ccccc4n4c5ccccc5nc34)nc(-n3c4ccccc4n4c5cc(-c6ccc7nc8n(-c9cc([Si](c%10ccccc%10)(c%10ccccc%10)c%10cccc%11c%10sc%10ccccc%10%11)cc(-n%10c%11ccccc%11c%11ccccc%11%10)n9)c9ccccc9n8c7c6)ccc5nc34)c2)c2ccc3sc4ccccc4c3c2)cc1. The van der Waals surface area contributed by atoms with Gasteiger partial charge in [-0.25, -0.2) is 24.9 Å². The number of hydrogen-bond acceptors (Lipinski definition) is 7. The minimum Gasteiger partial charge on any atom is -0.294 e. The molecule has 0 radical (unpaired) electrons. The second kappa shape index (κ2) is 26.9. The molecule has 584 valence electrons. The third-order valence-corrected chi connectivity index (χ3v) is 38.3. The number of imidazole rings is 6. The summed E-state index contributed by atoms with van der Waals surface area (Å²) in [5, 5.41) is 17.4. The van der Waals surface area contributed by atoms with Gasteiger partial charge in [-0.1, -0.05) is 285 Å². The van der Waals surface area contributed by atoms with Crippen LogP contribution in [0.3, 0.4) is 0 Å². The summed E-state index contributed by atoms with van der Waals surface area (Å²) in [6.45, 7) is 0. The molecule has 11 aromatic heterocycles. The Morgan fingerprint density at radius 3 is 1.03 bits per heavy atom. The summed E-state index contributed by atoms with van der Waals surface area (Å²) in [7, 11) is -6.83. The van der Waals surface area contributed by atoms with Crippen molar-refractivity contribution in [1.82, 2.24) is 56.4 Å². The molecule has 125 heavy (non-hydrogen) atoms. The van der Waals surface area contributed by atoms with E-state index in [1.54, 1.807) is 0 Å².